The average Bonchev–Trinajstić information content (AvgIpc) is 3.52. The van der Waals surface area contributed by atoms with Crippen molar-refractivity contribution in [2.75, 3.05) is 58.4 Å². The quantitative estimate of drug-likeness (QED) is 0.425. The predicted octanol–water partition coefficient (Wildman–Crippen LogP) is 5.43. The highest BCUT2D eigenvalue weighted by Gasteiger charge is 2.22. The molecular formula is C27H39Cl2N5O2S. The number of aromatic nitrogens is 1. The molecule has 4 heterocycles. The van der Waals surface area contributed by atoms with Crippen LogP contribution in [-0.2, 0) is 17.7 Å². The van der Waals surface area contributed by atoms with E-state index in [9.17, 15) is 0 Å². The summed E-state index contributed by atoms with van der Waals surface area (Å²) in [5.74, 6) is 0.740. The Kier molecular flexibility index (Phi) is 13.2. The molecule has 3 aromatic rings. The van der Waals surface area contributed by atoms with Crippen molar-refractivity contribution in [1.29, 1.82) is 5.26 Å². The Morgan fingerprint density at radius 3 is 2.43 bits per heavy atom. The minimum atomic E-state index is 0. The molecule has 37 heavy (non-hydrogen) atoms. The van der Waals surface area contributed by atoms with Gasteiger partial charge in [-0.05, 0) is 90.0 Å². The number of hydrogen-bond acceptors (Lipinski definition) is 8. The standard InChI is InChI=1S/C25H30N4O2S.C2H7N.2ClH/c1-18-24(29-12-14-30-15-13-29)7-5-22-23(27-31-25(18)22)6-2-19-8-10-28(11-9-19)17-21-4-3-20(16-26)32-21;1-3-2;;/h3-5,7,19H,2,6,8-15,17H2,1H3;3H,1-2H3;2*1H. The topological polar surface area (TPSA) is 77.6 Å². The number of anilines is 1. The van der Waals surface area contributed by atoms with Gasteiger partial charge in [-0.25, -0.2) is 0 Å². The van der Waals surface area contributed by atoms with Crippen LogP contribution in [0.1, 0.15) is 40.3 Å². The highest BCUT2D eigenvalue weighted by atomic mass is 35.5. The van der Waals surface area contributed by atoms with Crippen molar-refractivity contribution in [3.05, 3.63) is 45.3 Å². The third kappa shape index (κ3) is 8.06. The molecular weight excluding hydrogens is 529 g/mol. The fourth-order valence-electron chi connectivity index (χ4n) is 5.02. The third-order valence-electron chi connectivity index (χ3n) is 6.93. The maximum absolute atomic E-state index is 9.01. The number of fused-ring (bicyclic) bond motifs is 1. The number of aryl methyl sites for hydroxylation is 2. The van der Waals surface area contributed by atoms with E-state index < -0.39 is 0 Å². The highest BCUT2D eigenvalue weighted by molar-refractivity contribution is 7.12. The number of halogens is 2. The monoisotopic (exact) mass is 567 g/mol. The van der Waals surface area contributed by atoms with Gasteiger partial charge in [-0.15, -0.1) is 36.2 Å². The first-order valence-corrected chi connectivity index (χ1v) is 13.4. The summed E-state index contributed by atoms with van der Waals surface area (Å²) in [6, 6.07) is 10.7. The Hall–Kier alpha value is -1.86. The molecule has 0 radical (unpaired) electrons. The van der Waals surface area contributed by atoms with Crippen molar-refractivity contribution in [3.8, 4) is 6.07 Å². The SMILES string of the molecule is CNC.Cc1c(N2CCOCC2)ccc2c(CCC3CCN(Cc4ccc(C#N)s4)CC3)noc12.Cl.Cl. The lowest BCUT2D eigenvalue weighted by Crippen LogP contribution is -2.36. The molecule has 0 aliphatic carbocycles. The van der Waals surface area contributed by atoms with Crippen molar-refractivity contribution in [1.82, 2.24) is 15.4 Å². The maximum Gasteiger partial charge on any atom is 0.172 e. The first-order chi connectivity index (χ1) is 17.1. The van der Waals surface area contributed by atoms with Crippen LogP contribution >= 0.6 is 36.2 Å². The second-order valence-corrected chi connectivity index (χ2v) is 10.6. The number of nitrogens with one attached hydrogen (secondary N) is 1. The fourth-order valence-corrected chi connectivity index (χ4v) is 5.87. The molecule has 2 aliphatic heterocycles. The summed E-state index contributed by atoms with van der Waals surface area (Å²) in [7, 11) is 3.75. The van der Waals surface area contributed by atoms with Crippen LogP contribution in [-0.4, -0.2) is 63.5 Å². The van der Waals surface area contributed by atoms with Crippen molar-refractivity contribution in [2.24, 2.45) is 5.92 Å². The largest absolute Gasteiger partial charge is 0.378 e. The number of likely N-dealkylation sites (tertiary alicyclic amines) is 1. The van der Waals surface area contributed by atoms with E-state index in [1.807, 2.05) is 20.2 Å². The molecule has 0 spiro atoms. The van der Waals surface area contributed by atoms with Gasteiger partial charge in [0.2, 0.25) is 0 Å². The van der Waals surface area contributed by atoms with Crippen LogP contribution in [0, 0.1) is 24.2 Å². The summed E-state index contributed by atoms with van der Waals surface area (Å²) in [4.78, 5) is 7.00. The van der Waals surface area contributed by atoms with Gasteiger partial charge in [0.1, 0.15) is 10.9 Å². The number of morpholine rings is 1. The summed E-state index contributed by atoms with van der Waals surface area (Å²) in [6.45, 7) is 8.80. The Bertz CT molecular complexity index is 1130. The molecule has 0 amide bonds. The van der Waals surface area contributed by atoms with Crippen molar-refractivity contribution >= 4 is 52.8 Å². The van der Waals surface area contributed by atoms with Crippen LogP contribution in [0.3, 0.4) is 0 Å². The molecule has 0 unspecified atom stereocenters. The van der Waals surface area contributed by atoms with Gasteiger partial charge in [0.25, 0.3) is 0 Å². The molecule has 204 valence electrons. The van der Waals surface area contributed by atoms with Crippen molar-refractivity contribution < 1.29 is 9.26 Å². The van der Waals surface area contributed by atoms with Crippen LogP contribution in [0.15, 0.2) is 28.8 Å². The lowest BCUT2D eigenvalue weighted by atomic mass is 9.91. The summed E-state index contributed by atoms with van der Waals surface area (Å²) in [5.41, 5.74) is 4.46. The van der Waals surface area contributed by atoms with E-state index in [4.69, 9.17) is 14.5 Å². The van der Waals surface area contributed by atoms with Gasteiger partial charge >= 0.3 is 0 Å². The van der Waals surface area contributed by atoms with Crippen LogP contribution in [0.25, 0.3) is 11.0 Å². The normalized spacial score (nSPS) is 16.3. The number of ether oxygens (including phenoxy) is 1. The van der Waals surface area contributed by atoms with Gasteiger partial charge in [0.05, 0.1) is 18.9 Å². The summed E-state index contributed by atoms with van der Waals surface area (Å²) in [6.07, 6.45) is 4.60. The zero-order valence-corrected chi connectivity index (χ0v) is 24.4. The van der Waals surface area contributed by atoms with Crippen LogP contribution in [0.2, 0.25) is 0 Å². The number of nitriles is 1. The first-order valence-electron chi connectivity index (χ1n) is 12.6. The molecule has 5 rings (SSSR count). The molecule has 2 aliphatic rings. The summed E-state index contributed by atoms with van der Waals surface area (Å²) >= 11 is 1.62. The molecule has 2 saturated heterocycles. The molecule has 10 heteroatoms. The van der Waals surface area contributed by atoms with Gasteiger partial charge in [0.15, 0.2) is 5.58 Å². The fraction of sp³-hybridized carbons (Fsp3) is 0.556. The molecule has 0 saturated carbocycles. The zero-order chi connectivity index (χ0) is 24.6. The van der Waals surface area contributed by atoms with Crippen LogP contribution < -0.4 is 10.2 Å². The van der Waals surface area contributed by atoms with Gasteiger partial charge in [0, 0.05) is 41.1 Å². The van der Waals surface area contributed by atoms with E-state index in [0.717, 1.165) is 80.9 Å². The number of benzene rings is 1. The molecule has 0 atom stereocenters. The lowest BCUT2D eigenvalue weighted by Gasteiger charge is -2.31. The highest BCUT2D eigenvalue weighted by Crippen LogP contribution is 2.32. The maximum atomic E-state index is 9.01. The Morgan fingerprint density at radius 1 is 1.08 bits per heavy atom. The molecule has 1 N–H and O–H groups in total. The smallest absolute Gasteiger partial charge is 0.172 e. The van der Waals surface area contributed by atoms with Crippen LogP contribution in [0.4, 0.5) is 5.69 Å². The average molecular weight is 569 g/mol. The second kappa shape index (κ2) is 15.5. The Morgan fingerprint density at radius 2 is 1.78 bits per heavy atom. The van der Waals surface area contributed by atoms with Gasteiger partial charge in [-0.1, -0.05) is 5.16 Å². The number of rotatable bonds is 6. The molecule has 2 fully saturated rings. The minimum absolute atomic E-state index is 0. The molecule has 0 bridgehead atoms. The molecule has 2 aromatic heterocycles. The Balaban J connectivity index is 0.000000919. The van der Waals surface area contributed by atoms with E-state index in [1.54, 1.807) is 11.3 Å². The first kappa shape index (κ1) is 31.4. The van der Waals surface area contributed by atoms with Crippen LogP contribution in [0.5, 0.6) is 0 Å². The van der Waals surface area contributed by atoms with E-state index in [0.29, 0.717) is 0 Å². The van der Waals surface area contributed by atoms with E-state index >= 15 is 0 Å². The second-order valence-electron chi connectivity index (χ2n) is 9.45. The number of piperidine rings is 1. The predicted molar refractivity (Wildman–Crippen MR) is 157 cm³/mol. The number of thiophene rings is 1. The minimum Gasteiger partial charge on any atom is -0.378 e. The van der Waals surface area contributed by atoms with Crippen molar-refractivity contribution in [2.45, 2.75) is 39.2 Å². The molecule has 1 aromatic carbocycles. The van der Waals surface area contributed by atoms with E-state index in [-0.39, 0.29) is 24.8 Å². The zero-order valence-electron chi connectivity index (χ0n) is 22.0. The molecule has 7 nitrogen and oxygen atoms in total. The van der Waals surface area contributed by atoms with E-state index in [2.05, 4.69) is 51.5 Å². The third-order valence-corrected chi connectivity index (χ3v) is 7.91. The number of hydrogen-bond donors (Lipinski definition) is 1. The lowest BCUT2D eigenvalue weighted by molar-refractivity contribution is 0.122. The van der Waals surface area contributed by atoms with E-state index in [1.165, 1.54) is 34.4 Å². The van der Waals surface area contributed by atoms with Crippen molar-refractivity contribution in [3.63, 3.8) is 0 Å². The van der Waals surface area contributed by atoms with Gasteiger partial charge < -0.3 is 19.5 Å². The Labute approximate surface area is 236 Å². The summed E-state index contributed by atoms with van der Waals surface area (Å²) < 4.78 is 11.3. The summed E-state index contributed by atoms with van der Waals surface area (Å²) in [5, 5.41) is 17.4. The van der Waals surface area contributed by atoms with Gasteiger partial charge in [-0.2, -0.15) is 5.26 Å². The number of nitrogens with zero attached hydrogens (tertiary/aromatic N) is 4. The van der Waals surface area contributed by atoms with Gasteiger partial charge in [-0.3, -0.25) is 4.90 Å².